The molecule has 0 radical (unpaired) electrons. The summed E-state index contributed by atoms with van der Waals surface area (Å²) < 4.78 is 0. The number of nitrogens with two attached hydrogens (primary N) is 1. The Morgan fingerprint density at radius 2 is 1.19 bits per heavy atom. The molecular weight excluding hydrogens is 304 g/mol. The molecule has 0 fully saturated rings. The van der Waals surface area contributed by atoms with Gasteiger partial charge in [-0.3, -0.25) is 5.41 Å². The molecule has 3 N–H and O–H groups in total. The molecule has 0 spiro atoms. The zero-order chi connectivity index (χ0) is 16.8. The Morgan fingerprint density at radius 1 is 0.762 bits per heavy atom. The minimum atomic E-state index is -1.57. The van der Waals surface area contributed by atoms with Crippen LogP contribution in [0.1, 0.15) is 5.56 Å². The fourth-order valence-corrected chi connectivity index (χ4v) is 12.8. The van der Waals surface area contributed by atoms with Crippen molar-refractivity contribution in [3.63, 3.8) is 0 Å². The van der Waals surface area contributed by atoms with Crippen LogP contribution in [0, 0.1) is 5.41 Å². The van der Waals surface area contributed by atoms with E-state index in [9.17, 15) is 0 Å². The number of hydrogen-bond acceptors (Lipinski definition) is 1. The molecule has 0 aliphatic heterocycles. The van der Waals surface area contributed by atoms with Gasteiger partial charge in [0.15, 0.2) is 0 Å². The first-order valence-corrected chi connectivity index (χ1v) is 18.2. The predicted octanol–water partition coefficient (Wildman–Crippen LogP) is 2.61. The van der Waals surface area contributed by atoms with Crippen LogP contribution in [-0.2, 0) is 0 Å². The van der Waals surface area contributed by atoms with Crippen molar-refractivity contribution < 1.29 is 0 Å². The number of benzene rings is 1. The van der Waals surface area contributed by atoms with Gasteiger partial charge in [-0.05, 0) is 0 Å². The van der Waals surface area contributed by atoms with Crippen LogP contribution in [0.4, 0.5) is 0 Å². The topological polar surface area (TPSA) is 49.9 Å². The third-order valence-electron chi connectivity index (χ3n) is 3.80. The van der Waals surface area contributed by atoms with Crippen LogP contribution in [0.2, 0.25) is 58.9 Å². The monoisotopic (exact) mass is 336 g/mol. The summed E-state index contributed by atoms with van der Waals surface area (Å²) in [5.74, 6) is 0.231. The molecule has 1 aromatic rings. The van der Waals surface area contributed by atoms with Gasteiger partial charge in [-0.2, -0.15) is 0 Å². The Labute approximate surface area is 133 Å². The summed E-state index contributed by atoms with van der Waals surface area (Å²) >= 11 is 0. The molecule has 118 valence electrons. The summed E-state index contributed by atoms with van der Waals surface area (Å²) in [7, 11) is -4.48. The third kappa shape index (κ3) is 3.96. The molecule has 5 heteroatoms. The van der Waals surface area contributed by atoms with Crippen LogP contribution in [0.25, 0.3) is 0 Å². The van der Waals surface area contributed by atoms with Crippen LogP contribution >= 0.6 is 0 Å². The van der Waals surface area contributed by atoms with Crippen molar-refractivity contribution in [2.75, 3.05) is 0 Å². The van der Waals surface area contributed by atoms with E-state index in [1.54, 1.807) is 10.4 Å². The first-order valence-electron chi connectivity index (χ1n) is 7.70. The molecule has 0 unspecified atom stereocenters. The highest BCUT2D eigenvalue weighted by Crippen LogP contribution is 2.13. The normalized spacial score (nSPS) is 13.4. The minimum absolute atomic E-state index is 0.231. The zero-order valence-corrected chi connectivity index (χ0v) is 18.2. The second-order valence-electron chi connectivity index (χ2n) is 9.07. The average Bonchev–Trinajstić information content (AvgIpc) is 2.23. The maximum absolute atomic E-state index is 8.01. The smallest absolute Gasteiger partial charge is 0.122 e. The lowest BCUT2D eigenvalue weighted by atomic mass is 10.2. The summed E-state index contributed by atoms with van der Waals surface area (Å²) in [6, 6.07) is 4.40. The Bertz CT molecular complexity index is 559. The van der Waals surface area contributed by atoms with E-state index in [-0.39, 0.29) is 5.84 Å². The number of rotatable bonds is 4. The maximum Gasteiger partial charge on any atom is 0.122 e. The SMILES string of the molecule is C[Si](C)(C)c1ccc(C(=N)N)c([Si](C)(C)C)c1[Si](C)(C)C. The van der Waals surface area contributed by atoms with Crippen LogP contribution in [0.3, 0.4) is 0 Å². The van der Waals surface area contributed by atoms with E-state index in [4.69, 9.17) is 11.1 Å². The summed E-state index contributed by atoms with van der Waals surface area (Å²) in [5, 5.41) is 12.7. The van der Waals surface area contributed by atoms with Crippen molar-refractivity contribution in [3.05, 3.63) is 17.7 Å². The molecule has 0 amide bonds. The first-order chi connectivity index (χ1) is 9.17. The molecule has 0 aliphatic rings. The fourth-order valence-electron chi connectivity index (χ4n) is 3.01. The third-order valence-corrected chi connectivity index (χ3v) is 10.4. The highest BCUT2D eigenvalue weighted by Gasteiger charge is 2.35. The van der Waals surface area contributed by atoms with E-state index < -0.39 is 24.2 Å². The maximum atomic E-state index is 8.01. The number of hydrogen-bond donors (Lipinski definition) is 2. The molecule has 0 aromatic heterocycles. The molecule has 1 rings (SSSR count). The van der Waals surface area contributed by atoms with E-state index in [0.717, 1.165) is 5.56 Å². The predicted molar refractivity (Wildman–Crippen MR) is 106 cm³/mol. The standard InChI is InChI=1S/C16H32N2Si3/c1-19(2,3)13-11-10-12(16(17)18)14(20(4,5)6)15(13)21(7,8)9/h10-11H,1-9H3,(H3,17,18). The Balaban J connectivity index is 3.98. The largest absolute Gasteiger partial charge is 0.384 e. The van der Waals surface area contributed by atoms with Gasteiger partial charge in [0.25, 0.3) is 0 Å². The Kier molecular flexibility index (Phi) is 4.83. The highest BCUT2D eigenvalue weighted by molar-refractivity contribution is 7.04. The van der Waals surface area contributed by atoms with Crippen molar-refractivity contribution >= 4 is 45.6 Å². The van der Waals surface area contributed by atoms with Crippen molar-refractivity contribution in [2.24, 2.45) is 5.73 Å². The van der Waals surface area contributed by atoms with Crippen molar-refractivity contribution in [2.45, 2.75) is 58.9 Å². The zero-order valence-electron chi connectivity index (χ0n) is 15.2. The molecule has 0 bridgehead atoms. The van der Waals surface area contributed by atoms with Crippen molar-refractivity contribution in [1.82, 2.24) is 0 Å². The summed E-state index contributed by atoms with van der Waals surface area (Å²) in [5.41, 5.74) is 6.91. The van der Waals surface area contributed by atoms with E-state index >= 15 is 0 Å². The van der Waals surface area contributed by atoms with Crippen molar-refractivity contribution in [1.29, 1.82) is 5.41 Å². The fraction of sp³-hybridized carbons (Fsp3) is 0.562. The van der Waals surface area contributed by atoms with E-state index in [1.807, 2.05) is 0 Å². The molecule has 0 atom stereocenters. The molecule has 21 heavy (non-hydrogen) atoms. The summed E-state index contributed by atoms with van der Waals surface area (Å²) in [6.45, 7) is 21.7. The van der Waals surface area contributed by atoms with E-state index in [1.165, 1.54) is 5.19 Å². The Hall–Kier alpha value is -0.659. The second kappa shape index (κ2) is 5.52. The number of amidine groups is 1. The molecule has 0 saturated carbocycles. The Morgan fingerprint density at radius 3 is 1.48 bits per heavy atom. The van der Waals surface area contributed by atoms with Crippen LogP contribution in [0.15, 0.2) is 12.1 Å². The average molecular weight is 337 g/mol. The second-order valence-corrected chi connectivity index (χ2v) is 24.1. The van der Waals surface area contributed by atoms with Gasteiger partial charge in [-0.25, -0.2) is 0 Å². The lowest BCUT2D eigenvalue weighted by molar-refractivity contribution is 1.43. The van der Waals surface area contributed by atoms with Gasteiger partial charge in [-0.15, -0.1) is 0 Å². The molecule has 0 aliphatic carbocycles. The van der Waals surface area contributed by atoms with Gasteiger partial charge < -0.3 is 5.73 Å². The molecule has 2 nitrogen and oxygen atoms in total. The molecular formula is C16H32N2Si3. The highest BCUT2D eigenvalue weighted by atomic mass is 28.3. The van der Waals surface area contributed by atoms with E-state index in [2.05, 4.69) is 71.1 Å². The summed E-state index contributed by atoms with van der Waals surface area (Å²) in [4.78, 5) is 0. The van der Waals surface area contributed by atoms with E-state index in [0.29, 0.717) is 0 Å². The van der Waals surface area contributed by atoms with Gasteiger partial charge >= 0.3 is 0 Å². The molecule has 0 heterocycles. The summed E-state index contributed by atoms with van der Waals surface area (Å²) in [6.07, 6.45) is 0. The minimum Gasteiger partial charge on any atom is -0.384 e. The van der Waals surface area contributed by atoms with Gasteiger partial charge in [-0.1, -0.05) is 86.6 Å². The number of nitrogen functional groups attached to an aromatic ring is 1. The lowest BCUT2D eigenvalue weighted by Crippen LogP contribution is -2.67. The van der Waals surface area contributed by atoms with Gasteiger partial charge in [0.05, 0.1) is 24.2 Å². The quantitative estimate of drug-likeness (QED) is 0.495. The first kappa shape index (κ1) is 18.4. The number of nitrogens with one attached hydrogen (secondary N) is 1. The lowest BCUT2D eigenvalue weighted by Gasteiger charge is -2.36. The molecule has 1 aromatic carbocycles. The van der Waals surface area contributed by atoms with Crippen LogP contribution < -0.4 is 21.3 Å². The van der Waals surface area contributed by atoms with Gasteiger partial charge in [0.1, 0.15) is 5.84 Å². The van der Waals surface area contributed by atoms with Gasteiger partial charge in [0.2, 0.25) is 0 Å². The molecule has 0 saturated heterocycles. The van der Waals surface area contributed by atoms with Crippen LogP contribution in [0.5, 0.6) is 0 Å². The van der Waals surface area contributed by atoms with Crippen LogP contribution in [-0.4, -0.2) is 30.1 Å². The van der Waals surface area contributed by atoms with Crippen molar-refractivity contribution in [3.8, 4) is 0 Å². The van der Waals surface area contributed by atoms with Gasteiger partial charge in [0, 0.05) is 5.56 Å².